The summed E-state index contributed by atoms with van der Waals surface area (Å²) in [5.41, 5.74) is 6.10. The number of ether oxygens (including phenoxy) is 1. The van der Waals surface area contributed by atoms with Gasteiger partial charge >= 0.3 is 5.97 Å². The van der Waals surface area contributed by atoms with Crippen molar-refractivity contribution in [3.8, 4) is 0 Å². The fourth-order valence-electron chi connectivity index (χ4n) is 1.47. The summed E-state index contributed by atoms with van der Waals surface area (Å²) in [5.74, 6) is 0.305. The first-order chi connectivity index (χ1) is 7.72. The third-order valence-corrected chi connectivity index (χ3v) is 2.68. The number of hydrogen-bond donors (Lipinski definition) is 1. The molecule has 0 radical (unpaired) electrons. The predicted octanol–water partition coefficient (Wildman–Crippen LogP) is 3.12. The molecular formula is C14H29NO2. The molecule has 1 atom stereocenters. The summed E-state index contributed by atoms with van der Waals surface area (Å²) < 4.78 is 5.13. The Morgan fingerprint density at radius 1 is 1.24 bits per heavy atom. The minimum atomic E-state index is -0.454. The van der Waals surface area contributed by atoms with E-state index in [0.29, 0.717) is 17.9 Å². The molecule has 17 heavy (non-hydrogen) atoms. The maximum atomic E-state index is 11.5. The SMILES string of the molecule is CC(C)CCOC(=O)C(N)CCCC(C)(C)C. The fourth-order valence-corrected chi connectivity index (χ4v) is 1.47. The van der Waals surface area contributed by atoms with Gasteiger partial charge in [-0.2, -0.15) is 0 Å². The molecule has 0 aliphatic rings. The van der Waals surface area contributed by atoms with Gasteiger partial charge < -0.3 is 10.5 Å². The zero-order valence-electron chi connectivity index (χ0n) is 12.1. The molecule has 0 aromatic heterocycles. The van der Waals surface area contributed by atoms with Crippen molar-refractivity contribution >= 4 is 5.97 Å². The zero-order valence-corrected chi connectivity index (χ0v) is 12.1. The molecule has 102 valence electrons. The molecule has 0 fully saturated rings. The van der Waals surface area contributed by atoms with Crippen LogP contribution in [-0.2, 0) is 9.53 Å². The second kappa shape index (κ2) is 7.70. The van der Waals surface area contributed by atoms with Crippen LogP contribution in [0.25, 0.3) is 0 Å². The Morgan fingerprint density at radius 2 is 1.82 bits per heavy atom. The minimum absolute atomic E-state index is 0.250. The summed E-state index contributed by atoms with van der Waals surface area (Å²) in [5, 5.41) is 0. The standard InChI is InChI=1S/C14H29NO2/c1-11(2)8-10-17-13(16)12(15)7-6-9-14(3,4)5/h11-12H,6-10,15H2,1-5H3. The summed E-state index contributed by atoms with van der Waals surface area (Å²) >= 11 is 0. The van der Waals surface area contributed by atoms with Crippen molar-refractivity contribution in [3.05, 3.63) is 0 Å². The van der Waals surface area contributed by atoms with E-state index in [1.54, 1.807) is 0 Å². The van der Waals surface area contributed by atoms with Crippen LogP contribution >= 0.6 is 0 Å². The van der Waals surface area contributed by atoms with E-state index in [9.17, 15) is 4.79 Å². The smallest absolute Gasteiger partial charge is 0.322 e. The quantitative estimate of drug-likeness (QED) is 0.699. The highest BCUT2D eigenvalue weighted by Gasteiger charge is 2.17. The first kappa shape index (κ1) is 16.4. The monoisotopic (exact) mass is 243 g/mol. The van der Waals surface area contributed by atoms with Crippen molar-refractivity contribution in [1.29, 1.82) is 0 Å². The highest BCUT2D eigenvalue weighted by atomic mass is 16.5. The molecule has 3 heteroatoms. The van der Waals surface area contributed by atoms with Crippen molar-refractivity contribution in [3.63, 3.8) is 0 Å². The third-order valence-electron chi connectivity index (χ3n) is 2.68. The normalized spacial score (nSPS) is 13.8. The molecule has 0 spiro atoms. The third kappa shape index (κ3) is 10.3. The molecule has 0 aliphatic heterocycles. The number of carbonyl (C=O) groups is 1. The molecule has 2 N–H and O–H groups in total. The second-order valence-electron chi connectivity index (χ2n) is 6.41. The molecule has 0 aromatic rings. The Morgan fingerprint density at radius 3 is 2.29 bits per heavy atom. The van der Waals surface area contributed by atoms with Crippen molar-refractivity contribution in [2.24, 2.45) is 17.1 Å². The lowest BCUT2D eigenvalue weighted by Gasteiger charge is -2.19. The van der Waals surface area contributed by atoms with Crippen molar-refractivity contribution in [2.75, 3.05) is 6.61 Å². The summed E-state index contributed by atoms with van der Waals surface area (Å²) in [7, 11) is 0. The Labute approximate surface area is 106 Å². The Bertz CT molecular complexity index is 219. The number of esters is 1. The summed E-state index contributed by atoms with van der Waals surface area (Å²) in [6.07, 6.45) is 3.68. The van der Waals surface area contributed by atoms with Gasteiger partial charge in [-0.15, -0.1) is 0 Å². The number of nitrogens with two attached hydrogens (primary N) is 1. The molecule has 0 bridgehead atoms. The van der Waals surface area contributed by atoms with Gasteiger partial charge in [-0.05, 0) is 30.6 Å². The molecular weight excluding hydrogens is 214 g/mol. The minimum Gasteiger partial charge on any atom is -0.465 e. The molecule has 0 rings (SSSR count). The zero-order chi connectivity index (χ0) is 13.5. The topological polar surface area (TPSA) is 52.3 Å². The molecule has 0 amide bonds. The molecule has 0 saturated carbocycles. The van der Waals surface area contributed by atoms with Crippen LogP contribution < -0.4 is 5.73 Å². The van der Waals surface area contributed by atoms with Crippen molar-refractivity contribution in [1.82, 2.24) is 0 Å². The molecule has 0 aromatic carbocycles. The summed E-state index contributed by atoms with van der Waals surface area (Å²) in [6.45, 7) is 11.3. The molecule has 1 unspecified atom stereocenters. The van der Waals surface area contributed by atoms with E-state index < -0.39 is 6.04 Å². The van der Waals surface area contributed by atoms with Gasteiger partial charge in [0.05, 0.1) is 6.61 Å². The van der Waals surface area contributed by atoms with E-state index in [2.05, 4.69) is 34.6 Å². The van der Waals surface area contributed by atoms with Gasteiger partial charge in [0.1, 0.15) is 6.04 Å². The van der Waals surface area contributed by atoms with Gasteiger partial charge in [0.25, 0.3) is 0 Å². The Balaban J connectivity index is 3.68. The van der Waals surface area contributed by atoms with E-state index in [1.807, 2.05) is 0 Å². The fraction of sp³-hybridized carbons (Fsp3) is 0.929. The number of hydrogen-bond acceptors (Lipinski definition) is 3. The lowest BCUT2D eigenvalue weighted by Crippen LogP contribution is -2.32. The van der Waals surface area contributed by atoms with Crippen LogP contribution in [0.15, 0.2) is 0 Å². The van der Waals surface area contributed by atoms with E-state index in [1.165, 1.54) is 0 Å². The molecule has 3 nitrogen and oxygen atoms in total. The van der Waals surface area contributed by atoms with E-state index >= 15 is 0 Å². The predicted molar refractivity (Wildman–Crippen MR) is 71.7 cm³/mol. The lowest BCUT2D eigenvalue weighted by atomic mass is 9.89. The van der Waals surface area contributed by atoms with Crippen molar-refractivity contribution in [2.45, 2.75) is 66.3 Å². The highest BCUT2D eigenvalue weighted by Crippen LogP contribution is 2.21. The van der Waals surface area contributed by atoms with Gasteiger partial charge in [0, 0.05) is 0 Å². The van der Waals surface area contributed by atoms with Crippen LogP contribution in [0.2, 0.25) is 0 Å². The van der Waals surface area contributed by atoms with Gasteiger partial charge in [0.15, 0.2) is 0 Å². The van der Waals surface area contributed by atoms with E-state index in [-0.39, 0.29) is 5.97 Å². The van der Waals surface area contributed by atoms with Crippen LogP contribution in [0.4, 0.5) is 0 Å². The van der Waals surface area contributed by atoms with E-state index in [0.717, 1.165) is 25.7 Å². The van der Waals surface area contributed by atoms with Crippen molar-refractivity contribution < 1.29 is 9.53 Å². The van der Waals surface area contributed by atoms with Crippen LogP contribution in [0.1, 0.15) is 60.3 Å². The highest BCUT2D eigenvalue weighted by molar-refractivity contribution is 5.75. The molecule has 0 saturated heterocycles. The van der Waals surface area contributed by atoms with Crippen LogP contribution in [0.5, 0.6) is 0 Å². The maximum absolute atomic E-state index is 11.5. The molecule has 0 aliphatic carbocycles. The first-order valence-corrected chi connectivity index (χ1v) is 6.64. The van der Waals surface area contributed by atoms with Gasteiger partial charge in [-0.1, -0.05) is 41.0 Å². The number of rotatable bonds is 7. The average molecular weight is 243 g/mol. The molecule has 0 heterocycles. The van der Waals surface area contributed by atoms with Gasteiger partial charge in [-0.25, -0.2) is 0 Å². The maximum Gasteiger partial charge on any atom is 0.322 e. The van der Waals surface area contributed by atoms with E-state index in [4.69, 9.17) is 10.5 Å². The van der Waals surface area contributed by atoms with Crippen LogP contribution in [0, 0.1) is 11.3 Å². The summed E-state index contributed by atoms with van der Waals surface area (Å²) in [4.78, 5) is 11.5. The summed E-state index contributed by atoms with van der Waals surface area (Å²) in [6, 6.07) is -0.454. The second-order valence-corrected chi connectivity index (χ2v) is 6.41. The largest absolute Gasteiger partial charge is 0.465 e. The Kier molecular flexibility index (Phi) is 7.44. The lowest BCUT2D eigenvalue weighted by molar-refractivity contribution is -0.145. The Hall–Kier alpha value is -0.570. The van der Waals surface area contributed by atoms with Crippen LogP contribution in [0.3, 0.4) is 0 Å². The van der Waals surface area contributed by atoms with Gasteiger partial charge in [0.2, 0.25) is 0 Å². The van der Waals surface area contributed by atoms with Crippen LogP contribution in [-0.4, -0.2) is 18.6 Å². The first-order valence-electron chi connectivity index (χ1n) is 6.64. The average Bonchev–Trinajstić information content (AvgIpc) is 2.14. The van der Waals surface area contributed by atoms with Gasteiger partial charge in [-0.3, -0.25) is 4.79 Å². The number of carbonyl (C=O) groups excluding carboxylic acids is 1.